The van der Waals surface area contributed by atoms with Crippen LogP contribution in [0.1, 0.15) is 51.0 Å². The first-order valence-electron chi connectivity index (χ1n) is 10.1. The Hall–Kier alpha value is -2.28. The maximum atomic E-state index is 13.8. The summed E-state index contributed by atoms with van der Waals surface area (Å²) in [5, 5.41) is 7.03. The third-order valence-electron chi connectivity index (χ3n) is 5.45. The number of nitrogens with zero attached hydrogens (tertiary/aromatic N) is 3. The van der Waals surface area contributed by atoms with Crippen LogP contribution in [0.2, 0.25) is 0 Å². The van der Waals surface area contributed by atoms with Gasteiger partial charge in [0.2, 0.25) is 17.6 Å². The quantitative estimate of drug-likeness (QED) is 0.733. The number of rotatable bonds is 7. The van der Waals surface area contributed by atoms with Crippen LogP contribution in [0, 0.1) is 18.7 Å². The Kier molecular flexibility index (Phi) is 6.78. The fraction of sp³-hybridized carbons (Fsp3) is 0.571. The predicted octanol–water partition coefficient (Wildman–Crippen LogP) is 3.70. The highest BCUT2D eigenvalue weighted by atomic mass is 19.1. The Bertz CT molecular complexity index is 807. The molecular formula is C21H29FN4O2. The number of likely N-dealkylation sites (tertiary alicyclic amines) is 1. The summed E-state index contributed by atoms with van der Waals surface area (Å²) in [7, 11) is 0. The highest BCUT2D eigenvalue weighted by molar-refractivity contribution is 5.78. The molecule has 1 aliphatic heterocycles. The van der Waals surface area contributed by atoms with Crippen molar-refractivity contribution in [2.75, 3.05) is 13.1 Å². The van der Waals surface area contributed by atoms with Gasteiger partial charge in [0, 0.05) is 24.7 Å². The van der Waals surface area contributed by atoms with Gasteiger partial charge >= 0.3 is 0 Å². The first-order valence-corrected chi connectivity index (χ1v) is 10.1. The van der Waals surface area contributed by atoms with Crippen molar-refractivity contribution in [3.8, 4) is 11.4 Å². The van der Waals surface area contributed by atoms with Crippen LogP contribution >= 0.6 is 0 Å². The highest BCUT2D eigenvalue weighted by Crippen LogP contribution is 2.25. The molecule has 152 valence electrons. The van der Waals surface area contributed by atoms with E-state index in [1.165, 1.54) is 6.07 Å². The second-order valence-corrected chi connectivity index (χ2v) is 7.67. The van der Waals surface area contributed by atoms with E-state index in [0.29, 0.717) is 42.0 Å². The van der Waals surface area contributed by atoms with Gasteiger partial charge in [-0.1, -0.05) is 30.6 Å². The molecule has 2 unspecified atom stereocenters. The molecule has 0 radical (unpaired) electrons. The number of hydrogen-bond donors (Lipinski definition) is 1. The number of benzene rings is 1. The van der Waals surface area contributed by atoms with E-state index < -0.39 is 0 Å². The van der Waals surface area contributed by atoms with Crippen molar-refractivity contribution in [3.63, 3.8) is 0 Å². The molecule has 3 rings (SSSR count). The number of halogens is 1. The second-order valence-electron chi connectivity index (χ2n) is 7.67. The Morgan fingerprint density at radius 2 is 2.21 bits per heavy atom. The zero-order valence-electron chi connectivity index (χ0n) is 16.9. The largest absolute Gasteiger partial charge is 0.356 e. The molecule has 1 aromatic heterocycles. The fourth-order valence-corrected chi connectivity index (χ4v) is 3.49. The molecule has 1 N–H and O–H groups in total. The smallest absolute Gasteiger partial charge is 0.241 e. The molecule has 0 spiro atoms. The SMILES string of the molecule is CCCCNC(=O)C1CCC(C)N(Cc2nc(-c3ccc(C)c(F)c3)no2)C1. The highest BCUT2D eigenvalue weighted by Gasteiger charge is 2.30. The lowest BCUT2D eigenvalue weighted by Crippen LogP contribution is -2.46. The van der Waals surface area contributed by atoms with Crippen LogP contribution < -0.4 is 5.32 Å². The van der Waals surface area contributed by atoms with Gasteiger partial charge in [0.1, 0.15) is 5.82 Å². The number of piperidine rings is 1. The molecule has 1 amide bonds. The first kappa shape index (κ1) is 20.5. The summed E-state index contributed by atoms with van der Waals surface area (Å²) in [6, 6.07) is 5.25. The van der Waals surface area contributed by atoms with E-state index in [2.05, 4.69) is 34.2 Å². The standard InChI is InChI=1S/C21H29FN4O2/c1-4-5-10-23-21(27)17-9-7-15(3)26(12-17)13-19-24-20(25-28-19)16-8-6-14(2)18(22)11-16/h6,8,11,15,17H,4-5,7,9-10,12-13H2,1-3H3,(H,23,27). The van der Waals surface area contributed by atoms with Crippen LogP contribution in [0.3, 0.4) is 0 Å². The minimum absolute atomic E-state index is 0.0124. The van der Waals surface area contributed by atoms with Crippen LogP contribution in [0.5, 0.6) is 0 Å². The van der Waals surface area contributed by atoms with E-state index in [-0.39, 0.29) is 17.6 Å². The summed E-state index contributed by atoms with van der Waals surface area (Å²) in [5.74, 6) is 0.695. The van der Waals surface area contributed by atoms with Crippen molar-refractivity contribution in [2.45, 2.75) is 59.0 Å². The number of aromatic nitrogens is 2. The fourth-order valence-electron chi connectivity index (χ4n) is 3.49. The monoisotopic (exact) mass is 388 g/mol. The lowest BCUT2D eigenvalue weighted by molar-refractivity contribution is -0.127. The second kappa shape index (κ2) is 9.28. The molecule has 1 saturated heterocycles. The summed E-state index contributed by atoms with van der Waals surface area (Å²) < 4.78 is 19.2. The van der Waals surface area contributed by atoms with Gasteiger partial charge in [0.05, 0.1) is 12.5 Å². The minimum Gasteiger partial charge on any atom is -0.356 e. The topological polar surface area (TPSA) is 71.3 Å². The summed E-state index contributed by atoms with van der Waals surface area (Å²) in [4.78, 5) is 19.0. The lowest BCUT2D eigenvalue weighted by Gasteiger charge is -2.36. The van der Waals surface area contributed by atoms with Crippen LogP contribution in [0.15, 0.2) is 22.7 Å². The Morgan fingerprint density at radius 3 is 2.96 bits per heavy atom. The van der Waals surface area contributed by atoms with Gasteiger partial charge in [-0.3, -0.25) is 9.69 Å². The van der Waals surface area contributed by atoms with E-state index in [1.807, 2.05) is 0 Å². The Labute approximate surface area is 165 Å². The zero-order valence-corrected chi connectivity index (χ0v) is 16.9. The van der Waals surface area contributed by atoms with E-state index in [1.54, 1.807) is 19.1 Å². The van der Waals surface area contributed by atoms with Crippen molar-refractivity contribution in [1.82, 2.24) is 20.4 Å². The van der Waals surface area contributed by atoms with E-state index in [9.17, 15) is 9.18 Å². The average Bonchev–Trinajstić information content (AvgIpc) is 3.14. The Balaban J connectivity index is 1.63. The molecule has 1 aliphatic rings. The number of nitrogens with one attached hydrogen (secondary N) is 1. The molecule has 0 aliphatic carbocycles. The molecule has 28 heavy (non-hydrogen) atoms. The van der Waals surface area contributed by atoms with Crippen LogP contribution in [0.25, 0.3) is 11.4 Å². The Morgan fingerprint density at radius 1 is 1.39 bits per heavy atom. The molecule has 6 nitrogen and oxygen atoms in total. The number of aryl methyl sites for hydroxylation is 1. The molecule has 2 heterocycles. The minimum atomic E-state index is -0.287. The van der Waals surface area contributed by atoms with Gasteiger partial charge in [-0.2, -0.15) is 4.98 Å². The lowest BCUT2D eigenvalue weighted by atomic mass is 9.92. The molecule has 0 bridgehead atoms. The van der Waals surface area contributed by atoms with Crippen molar-refractivity contribution < 1.29 is 13.7 Å². The van der Waals surface area contributed by atoms with Crippen LogP contribution in [0.4, 0.5) is 4.39 Å². The summed E-state index contributed by atoms with van der Waals surface area (Å²) >= 11 is 0. The normalized spacial score (nSPS) is 20.3. The average molecular weight is 388 g/mol. The molecule has 1 aromatic carbocycles. The van der Waals surface area contributed by atoms with E-state index >= 15 is 0 Å². The van der Waals surface area contributed by atoms with Crippen molar-refractivity contribution in [3.05, 3.63) is 35.5 Å². The van der Waals surface area contributed by atoms with Crippen LogP contribution in [-0.4, -0.2) is 40.1 Å². The zero-order chi connectivity index (χ0) is 20.1. The number of carbonyl (C=O) groups is 1. The summed E-state index contributed by atoms with van der Waals surface area (Å²) in [5.41, 5.74) is 1.18. The molecule has 2 aromatic rings. The molecular weight excluding hydrogens is 359 g/mol. The van der Waals surface area contributed by atoms with Gasteiger partial charge in [-0.25, -0.2) is 4.39 Å². The van der Waals surface area contributed by atoms with Gasteiger partial charge < -0.3 is 9.84 Å². The number of unbranched alkanes of at least 4 members (excludes halogenated alkanes) is 1. The maximum Gasteiger partial charge on any atom is 0.241 e. The van der Waals surface area contributed by atoms with Crippen molar-refractivity contribution in [1.29, 1.82) is 0 Å². The predicted molar refractivity (Wildman–Crippen MR) is 105 cm³/mol. The molecule has 2 atom stereocenters. The maximum absolute atomic E-state index is 13.8. The number of amides is 1. The van der Waals surface area contributed by atoms with Crippen molar-refractivity contribution >= 4 is 5.91 Å². The van der Waals surface area contributed by atoms with Gasteiger partial charge in [0.15, 0.2) is 0 Å². The third-order valence-corrected chi connectivity index (χ3v) is 5.45. The van der Waals surface area contributed by atoms with Crippen molar-refractivity contribution in [2.24, 2.45) is 5.92 Å². The number of carbonyl (C=O) groups excluding carboxylic acids is 1. The van der Waals surface area contributed by atoms with Crippen LogP contribution in [-0.2, 0) is 11.3 Å². The van der Waals surface area contributed by atoms with Gasteiger partial charge in [0.25, 0.3) is 0 Å². The van der Waals surface area contributed by atoms with E-state index in [0.717, 1.165) is 32.2 Å². The van der Waals surface area contributed by atoms with E-state index in [4.69, 9.17) is 4.52 Å². The molecule has 1 fully saturated rings. The first-order chi connectivity index (χ1) is 13.5. The summed E-state index contributed by atoms with van der Waals surface area (Å²) in [6.07, 6.45) is 3.92. The van der Waals surface area contributed by atoms with Gasteiger partial charge in [-0.05, 0) is 44.7 Å². The number of hydrogen-bond acceptors (Lipinski definition) is 5. The molecule has 0 saturated carbocycles. The summed E-state index contributed by atoms with van der Waals surface area (Å²) in [6.45, 7) is 7.88. The third kappa shape index (κ3) is 4.95. The van der Waals surface area contributed by atoms with Gasteiger partial charge in [-0.15, -0.1) is 0 Å². The molecule has 7 heteroatoms.